The molecule has 16 heavy (non-hydrogen) atoms. The maximum absolute atomic E-state index is 11.8. The lowest BCUT2D eigenvalue weighted by Gasteiger charge is -2.21. The SMILES string of the molecule is CCC(N)C1C=CC(OCC(F)(F)F)=NC1. The molecule has 0 saturated carbocycles. The van der Waals surface area contributed by atoms with Gasteiger partial charge in [-0.1, -0.05) is 13.0 Å². The molecule has 0 amide bonds. The summed E-state index contributed by atoms with van der Waals surface area (Å²) >= 11 is 0. The van der Waals surface area contributed by atoms with Crippen molar-refractivity contribution in [3.63, 3.8) is 0 Å². The zero-order valence-corrected chi connectivity index (χ0v) is 9.00. The van der Waals surface area contributed by atoms with Crippen LogP contribution in [0, 0.1) is 5.92 Å². The molecule has 2 unspecified atom stereocenters. The summed E-state index contributed by atoms with van der Waals surface area (Å²) in [5.41, 5.74) is 5.80. The van der Waals surface area contributed by atoms with E-state index in [1.54, 1.807) is 6.08 Å². The quantitative estimate of drug-likeness (QED) is 0.813. The minimum absolute atomic E-state index is 0.0100. The number of nitrogens with zero attached hydrogens (tertiary/aromatic N) is 1. The summed E-state index contributed by atoms with van der Waals surface area (Å²) in [7, 11) is 0. The van der Waals surface area contributed by atoms with Crippen molar-refractivity contribution in [2.45, 2.75) is 25.6 Å². The average Bonchev–Trinajstić information content (AvgIpc) is 2.25. The van der Waals surface area contributed by atoms with Gasteiger partial charge < -0.3 is 10.5 Å². The molecule has 0 saturated heterocycles. The van der Waals surface area contributed by atoms with E-state index >= 15 is 0 Å². The van der Waals surface area contributed by atoms with Crippen LogP contribution in [0.1, 0.15) is 13.3 Å². The Balaban J connectivity index is 2.40. The Morgan fingerprint density at radius 2 is 2.31 bits per heavy atom. The molecule has 1 rings (SSSR count). The van der Waals surface area contributed by atoms with Crippen molar-refractivity contribution in [3.8, 4) is 0 Å². The summed E-state index contributed by atoms with van der Waals surface area (Å²) < 4.78 is 40.0. The zero-order valence-electron chi connectivity index (χ0n) is 9.00. The maximum atomic E-state index is 11.8. The van der Waals surface area contributed by atoms with E-state index in [2.05, 4.69) is 9.73 Å². The van der Waals surface area contributed by atoms with E-state index in [9.17, 15) is 13.2 Å². The highest BCUT2D eigenvalue weighted by atomic mass is 19.4. The highest BCUT2D eigenvalue weighted by molar-refractivity contribution is 5.88. The van der Waals surface area contributed by atoms with Crippen LogP contribution in [-0.2, 0) is 4.74 Å². The average molecular weight is 236 g/mol. The molecule has 1 heterocycles. The summed E-state index contributed by atoms with van der Waals surface area (Å²) in [6.07, 6.45) is -0.307. The number of hydrogen-bond acceptors (Lipinski definition) is 3. The zero-order chi connectivity index (χ0) is 12.2. The van der Waals surface area contributed by atoms with Gasteiger partial charge in [-0.15, -0.1) is 0 Å². The van der Waals surface area contributed by atoms with Crippen molar-refractivity contribution in [3.05, 3.63) is 12.2 Å². The highest BCUT2D eigenvalue weighted by Crippen LogP contribution is 2.17. The lowest BCUT2D eigenvalue weighted by Crippen LogP contribution is -2.32. The Labute approximate surface area is 92.2 Å². The molecule has 2 atom stereocenters. The Morgan fingerprint density at radius 3 is 2.75 bits per heavy atom. The van der Waals surface area contributed by atoms with Crippen molar-refractivity contribution in [2.75, 3.05) is 13.2 Å². The van der Waals surface area contributed by atoms with E-state index in [-0.39, 0.29) is 17.9 Å². The van der Waals surface area contributed by atoms with Crippen LogP contribution >= 0.6 is 0 Å². The molecule has 3 nitrogen and oxygen atoms in total. The highest BCUT2D eigenvalue weighted by Gasteiger charge is 2.29. The fourth-order valence-electron chi connectivity index (χ4n) is 1.35. The molecule has 1 aliphatic rings. The minimum Gasteiger partial charge on any atom is -0.468 e. The fourth-order valence-corrected chi connectivity index (χ4v) is 1.35. The van der Waals surface area contributed by atoms with Gasteiger partial charge in [0.05, 0.1) is 6.54 Å². The lowest BCUT2D eigenvalue weighted by atomic mass is 9.97. The third kappa shape index (κ3) is 4.22. The van der Waals surface area contributed by atoms with Gasteiger partial charge in [-0.3, -0.25) is 4.99 Å². The molecule has 0 aromatic heterocycles. The van der Waals surface area contributed by atoms with E-state index in [1.165, 1.54) is 6.08 Å². The molecule has 0 bridgehead atoms. The summed E-state index contributed by atoms with van der Waals surface area (Å²) in [6.45, 7) is 1.04. The smallest absolute Gasteiger partial charge is 0.422 e. The molecule has 0 aromatic rings. The van der Waals surface area contributed by atoms with Crippen LogP contribution in [0.5, 0.6) is 0 Å². The molecule has 6 heteroatoms. The van der Waals surface area contributed by atoms with Crippen molar-refractivity contribution in [1.82, 2.24) is 0 Å². The molecule has 0 spiro atoms. The number of halogens is 3. The number of nitrogens with two attached hydrogens (primary N) is 1. The number of ether oxygens (including phenoxy) is 1. The lowest BCUT2D eigenvalue weighted by molar-refractivity contribution is -0.156. The predicted molar refractivity (Wildman–Crippen MR) is 55.2 cm³/mol. The molecule has 2 N–H and O–H groups in total. The number of aliphatic imine (C=N–C) groups is 1. The third-order valence-electron chi connectivity index (χ3n) is 2.35. The van der Waals surface area contributed by atoms with Crippen LogP contribution in [-0.4, -0.2) is 31.3 Å². The van der Waals surface area contributed by atoms with Crippen molar-refractivity contribution in [1.29, 1.82) is 0 Å². The Kier molecular flexibility index (Phi) is 4.35. The van der Waals surface area contributed by atoms with E-state index in [1.807, 2.05) is 6.92 Å². The van der Waals surface area contributed by atoms with Crippen LogP contribution in [0.4, 0.5) is 13.2 Å². The minimum atomic E-state index is -4.33. The third-order valence-corrected chi connectivity index (χ3v) is 2.35. The van der Waals surface area contributed by atoms with Crippen LogP contribution in [0.2, 0.25) is 0 Å². The first-order chi connectivity index (χ1) is 7.42. The Hall–Kier alpha value is -1.04. The van der Waals surface area contributed by atoms with E-state index in [0.29, 0.717) is 6.54 Å². The largest absolute Gasteiger partial charge is 0.468 e. The first kappa shape index (κ1) is 13.0. The molecule has 92 valence electrons. The summed E-state index contributed by atoms with van der Waals surface area (Å²) in [5.74, 6) is 0.111. The van der Waals surface area contributed by atoms with Crippen molar-refractivity contribution < 1.29 is 17.9 Å². The standard InChI is InChI=1S/C10H15F3N2O/c1-2-8(14)7-3-4-9(15-5-7)16-6-10(11,12)13/h3-4,7-8H,2,5-6,14H2,1H3. The van der Waals surface area contributed by atoms with E-state index in [0.717, 1.165) is 6.42 Å². The van der Waals surface area contributed by atoms with Gasteiger partial charge in [0.25, 0.3) is 0 Å². The monoisotopic (exact) mass is 236 g/mol. The van der Waals surface area contributed by atoms with Crippen LogP contribution < -0.4 is 5.73 Å². The summed E-state index contributed by atoms with van der Waals surface area (Å²) in [5, 5.41) is 0. The van der Waals surface area contributed by atoms with Gasteiger partial charge in [0.15, 0.2) is 6.61 Å². The fraction of sp³-hybridized carbons (Fsp3) is 0.700. The topological polar surface area (TPSA) is 47.6 Å². The van der Waals surface area contributed by atoms with Crippen molar-refractivity contribution >= 4 is 5.90 Å². The second-order valence-corrected chi connectivity index (χ2v) is 3.68. The molecule has 0 aromatic carbocycles. The first-order valence-electron chi connectivity index (χ1n) is 5.10. The normalized spacial score (nSPS) is 22.8. The number of dihydropyridines is 1. The van der Waals surface area contributed by atoms with Crippen LogP contribution in [0.25, 0.3) is 0 Å². The molecule has 0 fully saturated rings. The molecule has 0 aliphatic carbocycles. The second kappa shape index (κ2) is 5.34. The van der Waals surface area contributed by atoms with Crippen molar-refractivity contribution in [2.24, 2.45) is 16.6 Å². The van der Waals surface area contributed by atoms with Gasteiger partial charge in [0, 0.05) is 12.0 Å². The maximum Gasteiger partial charge on any atom is 0.422 e. The Morgan fingerprint density at radius 1 is 1.62 bits per heavy atom. The number of alkyl halides is 3. The number of hydrogen-bond donors (Lipinski definition) is 1. The van der Waals surface area contributed by atoms with Gasteiger partial charge in [-0.05, 0) is 12.5 Å². The summed E-state index contributed by atoms with van der Waals surface area (Å²) in [4.78, 5) is 3.91. The van der Waals surface area contributed by atoms with Gasteiger partial charge >= 0.3 is 6.18 Å². The van der Waals surface area contributed by atoms with Crippen LogP contribution in [0.3, 0.4) is 0 Å². The first-order valence-corrected chi connectivity index (χ1v) is 5.10. The molecule has 1 aliphatic heterocycles. The van der Waals surface area contributed by atoms with Gasteiger partial charge in [-0.25, -0.2) is 0 Å². The predicted octanol–water partition coefficient (Wildman–Crippen LogP) is 1.89. The second-order valence-electron chi connectivity index (χ2n) is 3.68. The van der Waals surface area contributed by atoms with Gasteiger partial charge in [-0.2, -0.15) is 13.2 Å². The summed E-state index contributed by atoms with van der Waals surface area (Å²) in [6, 6.07) is -0.0100. The number of rotatable bonds is 3. The molecular weight excluding hydrogens is 221 g/mol. The molecule has 0 radical (unpaired) electrons. The van der Waals surface area contributed by atoms with Gasteiger partial charge in [0.2, 0.25) is 5.90 Å². The van der Waals surface area contributed by atoms with Crippen LogP contribution in [0.15, 0.2) is 17.1 Å². The van der Waals surface area contributed by atoms with Gasteiger partial charge in [0.1, 0.15) is 0 Å². The Bertz CT molecular complexity index is 286. The van der Waals surface area contributed by atoms with E-state index in [4.69, 9.17) is 5.73 Å². The molecular formula is C10H15F3N2O. The van der Waals surface area contributed by atoms with E-state index < -0.39 is 12.8 Å².